The lowest BCUT2D eigenvalue weighted by Crippen LogP contribution is -2.09. The van der Waals surface area contributed by atoms with Crippen molar-refractivity contribution in [1.82, 2.24) is 0 Å². The third-order valence-corrected chi connectivity index (χ3v) is 2.85. The van der Waals surface area contributed by atoms with E-state index in [1.54, 1.807) is 0 Å². The number of hydrogen-bond donors (Lipinski definition) is 0. The van der Waals surface area contributed by atoms with E-state index in [2.05, 4.69) is 25.7 Å². The van der Waals surface area contributed by atoms with Gasteiger partial charge in [0, 0.05) is 12.8 Å². The lowest BCUT2D eigenvalue weighted by Gasteiger charge is -2.20. The average Bonchev–Trinajstić information content (AvgIpc) is 2.30. The van der Waals surface area contributed by atoms with E-state index in [0.29, 0.717) is 0 Å². The van der Waals surface area contributed by atoms with Crippen LogP contribution in [0.4, 0.5) is 0 Å². The van der Waals surface area contributed by atoms with E-state index in [1.807, 2.05) is 0 Å². The minimum absolute atomic E-state index is 0.900. The van der Waals surface area contributed by atoms with Crippen LogP contribution in [0.5, 0.6) is 0 Å². The van der Waals surface area contributed by atoms with Crippen molar-refractivity contribution < 1.29 is 0 Å². The van der Waals surface area contributed by atoms with Gasteiger partial charge in [-0.15, -0.1) is 11.8 Å². The van der Waals surface area contributed by atoms with Gasteiger partial charge in [-0.05, 0) is 24.7 Å². The molecule has 0 fully saturated rings. The fourth-order valence-corrected chi connectivity index (χ4v) is 1.74. The molecule has 0 spiro atoms. The van der Waals surface area contributed by atoms with Gasteiger partial charge in [-0.3, -0.25) is 0 Å². The molecule has 1 unspecified atom stereocenters. The molecule has 0 aromatic carbocycles. The Labute approximate surface area is 70.4 Å². The maximum Gasteiger partial charge on any atom is 0.00914 e. The highest BCUT2D eigenvalue weighted by Gasteiger charge is 2.15. The summed E-state index contributed by atoms with van der Waals surface area (Å²) < 4.78 is 0. The highest BCUT2D eigenvalue weighted by molar-refractivity contribution is 5.01. The normalized spacial score (nSPS) is 21.6. The second-order valence-corrected chi connectivity index (χ2v) is 3.58. The topological polar surface area (TPSA) is 0 Å². The summed E-state index contributed by atoms with van der Waals surface area (Å²) in [6.07, 6.45) is 6.26. The molecule has 0 saturated carbocycles. The Hall–Kier alpha value is -0.440. The van der Waals surface area contributed by atoms with Crippen LogP contribution in [0.15, 0.2) is 0 Å². The SMILES string of the molecule is CCC(C)C1CCC#CCC1. The quantitative estimate of drug-likeness (QED) is 0.530. The van der Waals surface area contributed by atoms with E-state index < -0.39 is 0 Å². The first-order valence-electron chi connectivity index (χ1n) is 4.80. The van der Waals surface area contributed by atoms with E-state index in [1.165, 1.54) is 19.3 Å². The summed E-state index contributed by atoms with van der Waals surface area (Å²) in [4.78, 5) is 0. The van der Waals surface area contributed by atoms with Crippen LogP contribution in [0.1, 0.15) is 46.0 Å². The maximum absolute atomic E-state index is 3.21. The van der Waals surface area contributed by atoms with Crippen LogP contribution in [0.2, 0.25) is 0 Å². The smallest absolute Gasteiger partial charge is 0.00914 e. The molecule has 0 amide bonds. The fraction of sp³-hybridized carbons (Fsp3) is 0.818. The third-order valence-electron chi connectivity index (χ3n) is 2.85. The maximum atomic E-state index is 3.21. The van der Waals surface area contributed by atoms with Gasteiger partial charge in [0.15, 0.2) is 0 Å². The Morgan fingerprint density at radius 3 is 2.27 bits per heavy atom. The van der Waals surface area contributed by atoms with Crippen LogP contribution in [-0.2, 0) is 0 Å². The monoisotopic (exact) mass is 150 g/mol. The van der Waals surface area contributed by atoms with Gasteiger partial charge in [-0.2, -0.15) is 0 Å². The first kappa shape index (κ1) is 8.65. The van der Waals surface area contributed by atoms with Gasteiger partial charge in [-0.25, -0.2) is 0 Å². The summed E-state index contributed by atoms with van der Waals surface area (Å²) in [5.41, 5.74) is 0. The van der Waals surface area contributed by atoms with Crippen LogP contribution in [0.3, 0.4) is 0 Å². The van der Waals surface area contributed by atoms with Crippen LogP contribution in [0, 0.1) is 23.7 Å². The fourth-order valence-electron chi connectivity index (χ4n) is 1.74. The molecule has 0 aromatic heterocycles. The molecule has 11 heavy (non-hydrogen) atoms. The predicted octanol–water partition coefficient (Wildman–Crippen LogP) is 3.23. The second-order valence-electron chi connectivity index (χ2n) is 3.58. The molecule has 0 bridgehead atoms. The molecule has 0 saturated heterocycles. The lowest BCUT2D eigenvalue weighted by molar-refractivity contribution is 0.316. The molecular weight excluding hydrogens is 132 g/mol. The number of hydrogen-bond acceptors (Lipinski definition) is 0. The van der Waals surface area contributed by atoms with Crippen molar-refractivity contribution in [3.05, 3.63) is 0 Å². The molecule has 0 heterocycles. The summed E-state index contributed by atoms with van der Waals surface area (Å²) in [6.45, 7) is 4.66. The molecule has 1 aliphatic carbocycles. The highest BCUT2D eigenvalue weighted by atomic mass is 14.2. The molecule has 0 aliphatic heterocycles. The van der Waals surface area contributed by atoms with Crippen LogP contribution in [0.25, 0.3) is 0 Å². The van der Waals surface area contributed by atoms with Gasteiger partial charge in [0.1, 0.15) is 0 Å². The van der Waals surface area contributed by atoms with Crippen molar-refractivity contribution in [2.75, 3.05) is 0 Å². The second kappa shape index (κ2) is 4.44. The molecule has 0 heteroatoms. The summed E-state index contributed by atoms with van der Waals surface area (Å²) in [6, 6.07) is 0. The van der Waals surface area contributed by atoms with Gasteiger partial charge < -0.3 is 0 Å². The molecule has 0 radical (unpaired) electrons. The summed E-state index contributed by atoms with van der Waals surface area (Å²) in [5.74, 6) is 8.24. The third kappa shape index (κ3) is 2.58. The lowest BCUT2D eigenvalue weighted by atomic mass is 9.85. The van der Waals surface area contributed by atoms with Crippen LogP contribution < -0.4 is 0 Å². The van der Waals surface area contributed by atoms with E-state index in [0.717, 1.165) is 24.7 Å². The Morgan fingerprint density at radius 1 is 1.27 bits per heavy atom. The standard InChI is InChI=1S/C11H18/c1-3-10(2)11-8-6-4-5-7-9-11/h10-11H,3,6-9H2,1-2H3. The van der Waals surface area contributed by atoms with E-state index in [4.69, 9.17) is 0 Å². The minimum atomic E-state index is 0.900. The first-order valence-corrected chi connectivity index (χ1v) is 4.80. The van der Waals surface area contributed by atoms with E-state index >= 15 is 0 Å². The largest absolute Gasteiger partial charge is 0.103 e. The zero-order valence-corrected chi connectivity index (χ0v) is 7.69. The molecule has 1 atom stereocenters. The van der Waals surface area contributed by atoms with Crippen LogP contribution >= 0.6 is 0 Å². The Kier molecular flexibility index (Phi) is 3.49. The van der Waals surface area contributed by atoms with Gasteiger partial charge in [0.05, 0.1) is 0 Å². The summed E-state index contributed by atoms with van der Waals surface area (Å²) in [7, 11) is 0. The van der Waals surface area contributed by atoms with Crippen molar-refractivity contribution in [1.29, 1.82) is 0 Å². The Balaban J connectivity index is 2.35. The Bertz CT molecular complexity index is 147. The predicted molar refractivity (Wildman–Crippen MR) is 49.2 cm³/mol. The van der Waals surface area contributed by atoms with Gasteiger partial charge in [0.2, 0.25) is 0 Å². The van der Waals surface area contributed by atoms with E-state index in [9.17, 15) is 0 Å². The first-order chi connectivity index (χ1) is 5.34. The molecule has 0 aromatic rings. The zero-order chi connectivity index (χ0) is 8.10. The van der Waals surface area contributed by atoms with Crippen molar-refractivity contribution in [2.45, 2.75) is 46.0 Å². The van der Waals surface area contributed by atoms with Crippen LogP contribution in [-0.4, -0.2) is 0 Å². The molecule has 1 aliphatic rings. The minimum Gasteiger partial charge on any atom is -0.103 e. The molecule has 0 nitrogen and oxygen atoms in total. The Morgan fingerprint density at radius 2 is 1.82 bits per heavy atom. The molecule has 62 valence electrons. The van der Waals surface area contributed by atoms with Gasteiger partial charge in [0.25, 0.3) is 0 Å². The zero-order valence-electron chi connectivity index (χ0n) is 7.69. The van der Waals surface area contributed by atoms with Gasteiger partial charge in [-0.1, -0.05) is 20.3 Å². The number of rotatable bonds is 2. The van der Waals surface area contributed by atoms with Crippen molar-refractivity contribution >= 4 is 0 Å². The summed E-state index contributed by atoms with van der Waals surface area (Å²) >= 11 is 0. The van der Waals surface area contributed by atoms with E-state index in [-0.39, 0.29) is 0 Å². The average molecular weight is 150 g/mol. The highest BCUT2D eigenvalue weighted by Crippen LogP contribution is 2.26. The summed E-state index contributed by atoms with van der Waals surface area (Å²) in [5, 5.41) is 0. The molecular formula is C11H18. The van der Waals surface area contributed by atoms with Crippen molar-refractivity contribution in [3.8, 4) is 11.8 Å². The molecule has 1 rings (SSSR count). The van der Waals surface area contributed by atoms with Crippen molar-refractivity contribution in [2.24, 2.45) is 11.8 Å². The van der Waals surface area contributed by atoms with Crippen molar-refractivity contribution in [3.63, 3.8) is 0 Å². The molecule has 0 N–H and O–H groups in total. The van der Waals surface area contributed by atoms with Gasteiger partial charge >= 0.3 is 0 Å².